The number of carbonyl (C=O) groups excluding carboxylic acids is 1. The van der Waals surface area contributed by atoms with E-state index in [-0.39, 0.29) is 5.69 Å². The highest BCUT2D eigenvalue weighted by atomic mass is 32.2. The molecule has 3 rings (SSSR count). The lowest BCUT2D eigenvalue weighted by Gasteiger charge is -2.22. The van der Waals surface area contributed by atoms with Gasteiger partial charge in [-0.3, -0.25) is 4.79 Å². The molecule has 0 spiro atoms. The van der Waals surface area contributed by atoms with E-state index in [2.05, 4.69) is 16.0 Å². The van der Waals surface area contributed by atoms with Crippen LogP contribution in [-0.2, 0) is 16.4 Å². The highest BCUT2D eigenvalue weighted by Gasteiger charge is 2.22. The van der Waals surface area contributed by atoms with Crippen LogP contribution in [0.4, 0.5) is 10.8 Å². The monoisotopic (exact) mass is 461 g/mol. The maximum absolute atomic E-state index is 12.3. The smallest absolute Gasteiger partial charge is 0.284 e. The van der Waals surface area contributed by atoms with Gasteiger partial charge in [-0.05, 0) is 38.1 Å². The van der Waals surface area contributed by atoms with Crippen LogP contribution in [0.5, 0.6) is 0 Å². The summed E-state index contributed by atoms with van der Waals surface area (Å²) in [6, 6.07) is 9.19. The van der Waals surface area contributed by atoms with Crippen LogP contribution in [0.1, 0.15) is 31.5 Å². The van der Waals surface area contributed by atoms with Crippen molar-refractivity contribution >= 4 is 49.4 Å². The average molecular weight is 462 g/mol. The number of amides is 1. The molecule has 0 aliphatic carbocycles. The van der Waals surface area contributed by atoms with Crippen LogP contribution in [0, 0.1) is 25.2 Å². The fourth-order valence-corrected chi connectivity index (χ4v) is 4.91. The summed E-state index contributed by atoms with van der Waals surface area (Å²) in [5, 5.41) is 9.63. The molecule has 30 heavy (non-hydrogen) atoms. The molecule has 8 nitrogen and oxygen atoms in total. The summed E-state index contributed by atoms with van der Waals surface area (Å²) in [4.78, 5) is 24.7. The van der Waals surface area contributed by atoms with Gasteiger partial charge in [0.2, 0.25) is 10.0 Å². The number of aromatic nitrogens is 2. The maximum Gasteiger partial charge on any atom is 0.284 e. The molecule has 0 atom stereocenters. The molecule has 11 heteroatoms. The summed E-state index contributed by atoms with van der Waals surface area (Å²) >= 11 is 2.88. The first-order valence-electron chi connectivity index (χ1n) is 8.84. The van der Waals surface area contributed by atoms with Crippen molar-refractivity contribution in [2.24, 2.45) is 0 Å². The number of aryl methyl sites for hydroxylation is 2. The number of anilines is 2. The molecule has 0 aliphatic heterocycles. The number of hydrogen-bond donors (Lipinski definition) is 1. The molecule has 3 aromatic rings. The molecule has 1 N–H and O–H groups in total. The van der Waals surface area contributed by atoms with Gasteiger partial charge in [0.25, 0.3) is 5.91 Å². The van der Waals surface area contributed by atoms with E-state index in [1.54, 1.807) is 35.9 Å². The van der Waals surface area contributed by atoms with Gasteiger partial charge in [0.15, 0.2) is 5.13 Å². The molecule has 0 aliphatic rings. The lowest BCUT2D eigenvalue weighted by Crippen LogP contribution is -2.30. The van der Waals surface area contributed by atoms with Crippen molar-refractivity contribution in [3.8, 4) is 6.07 Å². The Balaban J connectivity index is 1.95. The molecular formula is C19H19N5O3S3. The van der Waals surface area contributed by atoms with E-state index in [4.69, 9.17) is 5.26 Å². The Labute approximate surface area is 182 Å². The van der Waals surface area contributed by atoms with E-state index in [0.29, 0.717) is 22.1 Å². The zero-order valence-corrected chi connectivity index (χ0v) is 19.0. The Bertz CT molecular complexity index is 1210. The summed E-state index contributed by atoms with van der Waals surface area (Å²) in [5.41, 5.74) is 4.22. The normalized spacial score (nSPS) is 11.1. The fraction of sp³-hybridized carbons (Fsp3) is 0.263. The summed E-state index contributed by atoms with van der Waals surface area (Å²) < 4.78 is 24.8. The van der Waals surface area contributed by atoms with Crippen LogP contribution >= 0.6 is 22.7 Å². The van der Waals surface area contributed by atoms with Crippen LogP contribution in [-0.4, -0.2) is 37.1 Å². The van der Waals surface area contributed by atoms with Gasteiger partial charge in [0, 0.05) is 28.4 Å². The fourth-order valence-electron chi connectivity index (χ4n) is 2.76. The number of carbonyl (C=O) groups is 1. The molecule has 0 saturated heterocycles. The van der Waals surface area contributed by atoms with Gasteiger partial charge in [-0.15, -0.1) is 22.7 Å². The van der Waals surface area contributed by atoms with E-state index in [1.165, 1.54) is 11.3 Å². The van der Waals surface area contributed by atoms with Crippen molar-refractivity contribution in [2.45, 2.75) is 20.3 Å². The summed E-state index contributed by atoms with van der Waals surface area (Å²) in [5.74, 6) is -0.754. The van der Waals surface area contributed by atoms with Crippen LogP contribution in [0.15, 0.2) is 29.8 Å². The Morgan fingerprint density at radius 1 is 1.27 bits per heavy atom. The zero-order valence-electron chi connectivity index (χ0n) is 16.5. The molecule has 1 amide bonds. The largest absolute Gasteiger partial charge is 0.317 e. The Hall–Kier alpha value is -2.81. The van der Waals surface area contributed by atoms with E-state index in [9.17, 15) is 13.2 Å². The Morgan fingerprint density at radius 3 is 2.53 bits per heavy atom. The molecule has 2 aromatic heterocycles. The van der Waals surface area contributed by atoms with Crippen LogP contribution in [0.3, 0.4) is 0 Å². The maximum atomic E-state index is 12.3. The zero-order chi connectivity index (χ0) is 21.9. The predicted octanol–water partition coefficient (Wildman–Crippen LogP) is 3.16. The predicted molar refractivity (Wildman–Crippen MR) is 118 cm³/mol. The average Bonchev–Trinajstić information content (AvgIpc) is 3.27. The van der Waals surface area contributed by atoms with Crippen LogP contribution in [0.2, 0.25) is 0 Å². The highest BCUT2D eigenvalue weighted by molar-refractivity contribution is 7.89. The molecule has 0 radical (unpaired) electrons. The summed E-state index contributed by atoms with van der Waals surface area (Å²) in [6.07, 6.45) is 1.65. The van der Waals surface area contributed by atoms with Gasteiger partial charge in [-0.2, -0.15) is 5.26 Å². The molecule has 0 unspecified atom stereocenters. The minimum Gasteiger partial charge on any atom is -0.317 e. The first kappa shape index (κ1) is 21.9. The topological polar surface area (TPSA) is 116 Å². The number of sulfonamides is 1. The van der Waals surface area contributed by atoms with Crippen molar-refractivity contribution in [1.82, 2.24) is 14.7 Å². The minimum atomic E-state index is -3.69. The number of thiazole rings is 2. The molecule has 0 bridgehead atoms. The molecule has 1 aromatic carbocycles. The van der Waals surface area contributed by atoms with Gasteiger partial charge in [-0.25, -0.2) is 23.1 Å². The summed E-state index contributed by atoms with van der Waals surface area (Å²) in [7, 11) is -3.69. The minimum absolute atomic E-state index is 0.0769. The Morgan fingerprint density at radius 2 is 1.97 bits per heavy atom. The highest BCUT2D eigenvalue weighted by Crippen LogP contribution is 2.32. The number of nitrogens with zero attached hydrogens (tertiary/aromatic N) is 4. The van der Waals surface area contributed by atoms with Gasteiger partial charge in [0.1, 0.15) is 5.69 Å². The molecule has 156 valence electrons. The standard InChI is InChI=1S/C19H19N5O3S3/c1-12-16(28-11-21-12)8-9-24(15-6-4-14(10-20)5-7-15)19-22-17(13(2)29-19)18(25)23-30(3,26)27/h4-7,11H,8-9H2,1-3H3,(H,23,25). The van der Waals surface area contributed by atoms with Gasteiger partial charge in [0.05, 0.1) is 29.1 Å². The van der Waals surface area contributed by atoms with Crippen molar-refractivity contribution in [3.05, 3.63) is 56.5 Å². The first-order chi connectivity index (χ1) is 14.2. The third-order valence-corrected chi connectivity index (χ3v) is 6.77. The SMILES string of the molecule is Cc1ncsc1CCN(c1ccc(C#N)cc1)c1nc(C(=O)NS(C)(=O)=O)c(C)s1. The first-order valence-corrected chi connectivity index (χ1v) is 12.4. The molecule has 0 fully saturated rings. The van der Waals surface area contributed by atoms with Crippen molar-refractivity contribution in [3.63, 3.8) is 0 Å². The molecular weight excluding hydrogens is 442 g/mol. The summed E-state index contributed by atoms with van der Waals surface area (Å²) in [6.45, 7) is 4.26. The number of benzene rings is 1. The van der Waals surface area contributed by atoms with Gasteiger partial charge >= 0.3 is 0 Å². The third-order valence-electron chi connectivity index (χ3n) is 4.22. The van der Waals surface area contributed by atoms with Crippen molar-refractivity contribution in [2.75, 3.05) is 17.7 Å². The number of hydrogen-bond acceptors (Lipinski definition) is 9. The number of nitriles is 1. The second kappa shape index (κ2) is 8.91. The Kier molecular flexibility index (Phi) is 6.50. The van der Waals surface area contributed by atoms with E-state index in [0.717, 1.165) is 28.9 Å². The lowest BCUT2D eigenvalue weighted by atomic mass is 10.2. The second-order valence-corrected chi connectivity index (χ2v) is 10.4. The quantitative estimate of drug-likeness (QED) is 0.574. The number of nitrogens with one attached hydrogen (secondary N) is 1. The van der Waals surface area contributed by atoms with Gasteiger partial charge < -0.3 is 4.90 Å². The van der Waals surface area contributed by atoms with E-state index in [1.807, 2.05) is 28.7 Å². The molecule has 2 heterocycles. The van der Waals surface area contributed by atoms with E-state index < -0.39 is 15.9 Å². The van der Waals surface area contributed by atoms with E-state index >= 15 is 0 Å². The number of rotatable bonds is 7. The van der Waals surface area contributed by atoms with Gasteiger partial charge in [-0.1, -0.05) is 0 Å². The second-order valence-electron chi connectivity index (χ2n) is 6.53. The molecule has 0 saturated carbocycles. The van der Waals surface area contributed by atoms with Crippen LogP contribution < -0.4 is 9.62 Å². The van der Waals surface area contributed by atoms with Crippen LogP contribution in [0.25, 0.3) is 0 Å². The van der Waals surface area contributed by atoms with Crippen molar-refractivity contribution < 1.29 is 13.2 Å². The van der Waals surface area contributed by atoms with Crippen molar-refractivity contribution in [1.29, 1.82) is 5.26 Å². The third kappa shape index (κ3) is 5.21. The lowest BCUT2D eigenvalue weighted by molar-refractivity contribution is 0.0977.